The minimum Gasteiger partial charge on any atom is -0.372 e. The summed E-state index contributed by atoms with van der Waals surface area (Å²) in [6.07, 6.45) is 15.0. The van der Waals surface area contributed by atoms with Gasteiger partial charge in [0.05, 0.1) is 12.6 Å². The summed E-state index contributed by atoms with van der Waals surface area (Å²) in [5.41, 5.74) is 0.855. The normalized spacial score (nSPS) is 13.0. The summed E-state index contributed by atoms with van der Waals surface area (Å²) >= 11 is 0. The second-order valence-corrected chi connectivity index (χ2v) is 5.44. The van der Waals surface area contributed by atoms with E-state index in [1.54, 1.807) is 0 Å². The molecular weight excluding hydrogens is 270 g/mol. The van der Waals surface area contributed by atoms with Crippen molar-refractivity contribution in [2.24, 2.45) is 0 Å². The molecule has 2 heterocycles. The molecule has 0 aromatic carbocycles. The topological polar surface area (TPSA) is 30.9 Å². The zero-order chi connectivity index (χ0) is 16.0. The Bertz CT molecular complexity index is 497. The highest BCUT2D eigenvalue weighted by atomic mass is 15.1. The quantitative estimate of drug-likeness (QED) is 0.747. The molecular formula is C19H28N3+. The number of aryl methyl sites for hydroxylation is 1. The number of hydrogen-bond acceptors (Lipinski definition) is 2. The average molecular weight is 298 g/mol. The lowest BCUT2D eigenvalue weighted by Gasteiger charge is -2.21. The molecule has 0 saturated heterocycles. The van der Waals surface area contributed by atoms with E-state index in [2.05, 4.69) is 60.1 Å². The second-order valence-electron chi connectivity index (χ2n) is 5.44. The van der Waals surface area contributed by atoms with Crippen LogP contribution in [0.4, 0.5) is 0 Å². The summed E-state index contributed by atoms with van der Waals surface area (Å²) < 4.78 is 2.21. The summed E-state index contributed by atoms with van der Waals surface area (Å²) in [6.45, 7) is 7.38. The van der Waals surface area contributed by atoms with E-state index in [0.29, 0.717) is 0 Å². The molecule has 3 heteroatoms. The molecule has 22 heavy (non-hydrogen) atoms. The molecule has 0 unspecified atom stereocenters. The maximum atomic E-state index is 8.66. The Balaban J connectivity index is 0.000000224. The van der Waals surface area contributed by atoms with Crippen LogP contribution in [-0.2, 0) is 6.54 Å². The number of aromatic nitrogens is 1. The Morgan fingerprint density at radius 2 is 1.86 bits per heavy atom. The van der Waals surface area contributed by atoms with E-state index in [1.165, 1.54) is 25.7 Å². The molecule has 0 amide bonds. The first-order chi connectivity index (χ1) is 10.8. The van der Waals surface area contributed by atoms with E-state index >= 15 is 0 Å². The highest BCUT2D eigenvalue weighted by Gasteiger charge is 2.05. The van der Waals surface area contributed by atoms with Gasteiger partial charge in [0.25, 0.3) is 0 Å². The van der Waals surface area contributed by atoms with Gasteiger partial charge in [-0.2, -0.15) is 5.26 Å². The summed E-state index contributed by atoms with van der Waals surface area (Å²) in [5.74, 6) is 0. The third kappa shape index (κ3) is 7.64. The van der Waals surface area contributed by atoms with Gasteiger partial charge >= 0.3 is 0 Å². The number of unbranched alkanes of at least 4 members (excludes halogenated alkanes) is 2. The highest BCUT2D eigenvalue weighted by molar-refractivity contribution is 5.30. The van der Waals surface area contributed by atoms with Crippen molar-refractivity contribution in [3.05, 3.63) is 54.5 Å². The Kier molecular flexibility index (Phi) is 9.45. The van der Waals surface area contributed by atoms with Crippen molar-refractivity contribution in [1.82, 2.24) is 4.90 Å². The van der Waals surface area contributed by atoms with Crippen LogP contribution in [0.25, 0.3) is 0 Å². The van der Waals surface area contributed by atoms with Gasteiger partial charge in [-0.05, 0) is 24.8 Å². The maximum Gasteiger partial charge on any atom is 0.168 e. The van der Waals surface area contributed by atoms with E-state index in [4.69, 9.17) is 5.26 Å². The lowest BCUT2D eigenvalue weighted by atomic mass is 10.2. The van der Waals surface area contributed by atoms with Crippen molar-refractivity contribution in [3.63, 3.8) is 0 Å². The largest absolute Gasteiger partial charge is 0.372 e. The molecule has 0 bridgehead atoms. The van der Waals surface area contributed by atoms with Crippen molar-refractivity contribution < 1.29 is 4.57 Å². The fourth-order valence-electron chi connectivity index (χ4n) is 2.12. The van der Waals surface area contributed by atoms with Gasteiger partial charge in [-0.3, -0.25) is 0 Å². The van der Waals surface area contributed by atoms with Gasteiger partial charge in [0.1, 0.15) is 6.54 Å². The summed E-state index contributed by atoms with van der Waals surface area (Å²) in [4.78, 5) is 2.18. The molecule has 1 aliphatic rings. The lowest BCUT2D eigenvalue weighted by Crippen LogP contribution is -2.31. The van der Waals surface area contributed by atoms with Crippen LogP contribution in [0.5, 0.6) is 0 Å². The predicted octanol–water partition coefficient (Wildman–Crippen LogP) is 3.84. The van der Waals surface area contributed by atoms with Crippen molar-refractivity contribution in [2.45, 2.75) is 46.1 Å². The number of nitrogens with zero attached hydrogens (tertiary/aromatic N) is 3. The third-order valence-electron chi connectivity index (χ3n) is 3.46. The predicted molar refractivity (Wildman–Crippen MR) is 90.9 cm³/mol. The summed E-state index contributed by atoms with van der Waals surface area (Å²) in [6, 6.07) is 8.35. The Morgan fingerprint density at radius 3 is 2.50 bits per heavy atom. The first kappa shape index (κ1) is 18.0. The Morgan fingerprint density at radius 1 is 1.14 bits per heavy atom. The van der Waals surface area contributed by atoms with Gasteiger partial charge in [-0.1, -0.05) is 32.8 Å². The van der Waals surface area contributed by atoms with Crippen LogP contribution < -0.4 is 4.57 Å². The number of rotatable bonds is 6. The molecule has 0 atom stereocenters. The van der Waals surface area contributed by atoms with Crippen LogP contribution in [-0.4, -0.2) is 18.0 Å². The Labute approximate surface area is 135 Å². The van der Waals surface area contributed by atoms with E-state index < -0.39 is 0 Å². The fraction of sp³-hybridized carbons (Fsp3) is 0.474. The van der Waals surface area contributed by atoms with Gasteiger partial charge < -0.3 is 4.90 Å². The third-order valence-corrected chi connectivity index (χ3v) is 3.46. The number of pyridine rings is 1. The molecule has 0 spiro atoms. The van der Waals surface area contributed by atoms with Gasteiger partial charge in [0, 0.05) is 30.7 Å². The van der Waals surface area contributed by atoms with Crippen molar-refractivity contribution in [2.75, 3.05) is 13.1 Å². The van der Waals surface area contributed by atoms with Crippen LogP contribution in [0.2, 0.25) is 0 Å². The molecule has 0 fully saturated rings. The van der Waals surface area contributed by atoms with E-state index in [0.717, 1.165) is 25.2 Å². The smallest absolute Gasteiger partial charge is 0.168 e. The molecule has 0 N–H and O–H groups in total. The molecule has 0 aliphatic carbocycles. The molecule has 3 nitrogen and oxygen atoms in total. The molecule has 118 valence electrons. The zero-order valence-corrected chi connectivity index (χ0v) is 13.9. The van der Waals surface area contributed by atoms with Crippen LogP contribution in [0, 0.1) is 11.3 Å². The summed E-state index contributed by atoms with van der Waals surface area (Å²) in [5, 5.41) is 8.66. The maximum absolute atomic E-state index is 8.66. The fourth-order valence-corrected chi connectivity index (χ4v) is 2.12. The molecule has 1 aromatic rings. The van der Waals surface area contributed by atoms with Crippen molar-refractivity contribution >= 4 is 0 Å². The zero-order valence-electron chi connectivity index (χ0n) is 13.9. The van der Waals surface area contributed by atoms with E-state index in [1.807, 2.05) is 18.2 Å². The highest BCUT2D eigenvalue weighted by Crippen LogP contribution is 2.07. The van der Waals surface area contributed by atoms with Gasteiger partial charge in [-0.25, -0.2) is 4.57 Å². The molecule has 0 radical (unpaired) electrons. The first-order valence-electron chi connectivity index (χ1n) is 8.25. The van der Waals surface area contributed by atoms with Gasteiger partial charge in [0.15, 0.2) is 12.4 Å². The van der Waals surface area contributed by atoms with Crippen molar-refractivity contribution in [3.8, 4) is 6.07 Å². The standard InChI is InChI=1S/C10H14N2.C9H14N/c1-2-3-6-12-7-4-5-10(8-11)9-12;1-2-3-7-10-8-5-4-6-9-10/h4-5,7H,2-3,6,9H2,1H3;4-6,8-9H,2-3,7H2,1H3/q;+1. The summed E-state index contributed by atoms with van der Waals surface area (Å²) in [7, 11) is 0. The molecule has 2 rings (SSSR count). The Hall–Kier alpha value is -2.08. The molecule has 1 aliphatic heterocycles. The van der Waals surface area contributed by atoms with Crippen LogP contribution in [0.15, 0.2) is 54.5 Å². The average Bonchev–Trinajstić information content (AvgIpc) is 2.60. The van der Waals surface area contributed by atoms with Crippen LogP contribution in [0.1, 0.15) is 39.5 Å². The molecule has 1 aromatic heterocycles. The number of hydrogen-bond donors (Lipinski definition) is 0. The number of nitriles is 1. The van der Waals surface area contributed by atoms with Crippen LogP contribution in [0.3, 0.4) is 0 Å². The second kappa shape index (κ2) is 11.6. The van der Waals surface area contributed by atoms with E-state index in [9.17, 15) is 0 Å². The molecule has 0 saturated carbocycles. The van der Waals surface area contributed by atoms with Gasteiger partial charge in [-0.15, -0.1) is 0 Å². The minimum atomic E-state index is 0.785. The van der Waals surface area contributed by atoms with Crippen molar-refractivity contribution in [1.29, 1.82) is 5.26 Å². The first-order valence-corrected chi connectivity index (χ1v) is 8.25. The monoisotopic (exact) mass is 298 g/mol. The lowest BCUT2D eigenvalue weighted by molar-refractivity contribution is -0.697. The SMILES string of the molecule is CCCCN1C=CC=C(C#N)C1.CCCC[n+]1ccccc1. The van der Waals surface area contributed by atoms with Crippen LogP contribution >= 0.6 is 0 Å². The van der Waals surface area contributed by atoms with E-state index in [-0.39, 0.29) is 0 Å². The minimum absolute atomic E-state index is 0.785. The van der Waals surface area contributed by atoms with Gasteiger partial charge in [0.2, 0.25) is 0 Å². The number of allylic oxidation sites excluding steroid dienone is 2.